The molecule has 0 bridgehead atoms. The number of anilines is 1. The summed E-state index contributed by atoms with van der Waals surface area (Å²) in [7, 11) is -3.04. The highest BCUT2D eigenvalue weighted by Crippen LogP contribution is 2.32. The molecule has 1 fully saturated rings. The highest BCUT2D eigenvalue weighted by molar-refractivity contribution is 7.91. The number of halogens is 1. The van der Waals surface area contributed by atoms with Gasteiger partial charge in [-0.15, -0.1) is 0 Å². The second kappa shape index (κ2) is 5.46. The largest absolute Gasteiger partial charge is 0.380 e. The third-order valence-corrected chi connectivity index (χ3v) is 6.03. The number of nitrogens with zero attached hydrogens (tertiary/aromatic N) is 1. The van der Waals surface area contributed by atoms with Crippen LogP contribution in [0, 0.1) is 0 Å². The summed E-state index contributed by atoms with van der Waals surface area (Å²) in [6, 6.07) is 7.44. The summed E-state index contributed by atoms with van der Waals surface area (Å²) in [5.74, 6) is 0. The fourth-order valence-electron chi connectivity index (χ4n) is 3.07. The Morgan fingerprint density at radius 1 is 1.29 bits per heavy atom. The van der Waals surface area contributed by atoms with E-state index in [0.717, 1.165) is 35.9 Å². The number of nitrogens with one attached hydrogen (secondary N) is 1. The van der Waals surface area contributed by atoms with E-state index in [0.29, 0.717) is 5.02 Å². The van der Waals surface area contributed by atoms with Crippen LogP contribution in [0.15, 0.2) is 30.5 Å². The molecule has 1 aromatic carbocycles. The van der Waals surface area contributed by atoms with Crippen LogP contribution in [0.4, 0.5) is 5.69 Å². The van der Waals surface area contributed by atoms with Crippen molar-refractivity contribution in [2.45, 2.75) is 30.6 Å². The zero-order valence-electron chi connectivity index (χ0n) is 11.7. The molecule has 2 aromatic rings. The first-order valence-corrected chi connectivity index (χ1v) is 9.29. The first-order valence-electron chi connectivity index (χ1n) is 6.95. The molecule has 2 unspecified atom stereocenters. The summed E-state index contributed by atoms with van der Waals surface area (Å²) in [5, 5.41) is 4.59. The standard InChI is InChI=1S/C15H17ClN2O2S/c1-21(19,20)14-6-2-5-13(14)18-12-8-7-11(16)15-10(12)4-3-9-17-15/h3-4,7-9,13-14,18H,2,5-6H2,1H3. The first-order chi connectivity index (χ1) is 9.97. The van der Waals surface area contributed by atoms with Crippen LogP contribution in [0.1, 0.15) is 19.3 Å². The van der Waals surface area contributed by atoms with E-state index < -0.39 is 9.84 Å². The normalized spacial score (nSPS) is 22.6. The number of hydrogen-bond acceptors (Lipinski definition) is 4. The Morgan fingerprint density at radius 2 is 2.10 bits per heavy atom. The maximum absolute atomic E-state index is 11.9. The highest BCUT2D eigenvalue weighted by Gasteiger charge is 2.34. The SMILES string of the molecule is CS(=O)(=O)C1CCCC1Nc1ccc(Cl)c2ncccc12. The van der Waals surface area contributed by atoms with Crippen molar-refractivity contribution in [2.75, 3.05) is 11.6 Å². The van der Waals surface area contributed by atoms with Gasteiger partial charge in [0.15, 0.2) is 9.84 Å². The van der Waals surface area contributed by atoms with Gasteiger partial charge in [-0.3, -0.25) is 4.98 Å². The summed E-state index contributed by atoms with van der Waals surface area (Å²) >= 11 is 6.16. The van der Waals surface area contributed by atoms with Crippen LogP contribution in [0.3, 0.4) is 0 Å². The fraction of sp³-hybridized carbons (Fsp3) is 0.400. The molecule has 0 saturated heterocycles. The molecule has 3 rings (SSSR count). The lowest BCUT2D eigenvalue weighted by Crippen LogP contribution is -2.34. The number of hydrogen-bond donors (Lipinski definition) is 1. The molecule has 1 aliphatic rings. The minimum atomic E-state index is -3.04. The monoisotopic (exact) mass is 324 g/mol. The van der Waals surface area contributed by atoms with Crippen molar-refractivity contribution in [3.05, 3.63) is 35.5 Å². The van der Waals surface area contributed by atoms with Crippen molar-refractivity contribution in [2.24, 2.45) is 0 Å². The van der Waals surface area contributed by atoms with Gasteiger partial charge in [-0.05, 0) is 43.5 Å². The van der Waals surface area contributed by atoms with Gasteiger partial charge >= 0.3 is 0 Å². The van der Waals surface area contributed by atoms with E-state index in [4.69, 9.17) is 11.6 Å². The molecule has 0 spiro atoms. The second-order valence-electron chi connectivity index (χ2n) is 5.54. The first kappa shape index (κ1) is 14.6. The Hall–Kier alpha value is -1.33. The minimum absolute atomic E-state index is 0.0513. The van der Waals surface area contributed by atoms with Gasteiger partial charge in [0.05, 0.1) is 15.8 Å². The number of pyridine rings is 1. The zero-order valence-corrected chi connectivity index (χ0v) is 13.3. The highest BCUT2D eigenvalue weighted by atomic mass is 35.5. The number of fused-ring (bicyclic) bond motifs is 1. The van der Waals surface area contributed by atoms with Gasteiger partial charge in [-0.25, -0.2) is 8.42 Å². The van der Waals surface area contributed by atoms with E-state index in [1.807, 2.05) is 18.2 Å². The molecule has 1 N–H and O–H groups in total. The molecule has 6 heteroatoms. The van der Waals surface area contributed by atoms with Crippen molar-refractivity contribution < 1.29 is 8.42 Å². The average molecular weight is 325 g/mol. The Bertz CT molecular complexity index is 776. The van der Waals surface area contributed by atoms with E-state index >= 15 is 0 Å². The molecule has 0 amide bonds. The molecule has 112 valence electrons. The Morgan fingerprint density at radius 3 is 2.86 bits per heavy atom. The van der Waals surface area contributed by atoms with Gasteiger partial charge in [0, 0.05) is 29.6 Å². The maximum atomic E-state index is 11.9. The van der Waals surface area contributed by atoms with Gasteiger partial charge in [0.2, 0.25) is 0 Å². The Balaban J connectivity index is 1.97. The lowest BCUT2D eigenvalue weighted by atomic mass is 10.1. The average Bonchev–Trinajstić information content (AvgIpc) is 2.91. The molecular formula is C15H17ClN2O2S. The Kier molecular flexibility index (Phi) is 3.80. The van der Waals surface area contributed by atoms with Crippen LogP contribution in [-0.4, -0.2) is 30.9 Å². The molecule has 1 saturated carbocycles. The molecule has 2 atom stereocenters. The van der Waals surface area contributed by atoms with Crippen LogP contribution < -0.4 is 5.32 Å². The van der Waals surface area contributed by atoms with Crippen LogP contribution in [0.2, 0.25) is 5.02 Å². The number of benzene rings is 1. The third-order valence-electron chi connectivity index (χ3n) is 4.06. The predicted molar refractivity (Wildman–Crippen MR) is 86.6 cm³/mol. The van der Waals surface area contributed by atoms with E-state index in [-0.39, 0.29) is 11.3 Å². The quantitative estimate of drug-likeness (QED) is 0.941. The van der Waals surface area contributed by atoms with Crippen LogP contribution in [-0.2, 0) is 9.84 Å². The molecule has 0 aliphatic heterocycles. The number of aromatic nitrogens is 1. The van der Waals surface area contributed by atoms with Crippen LogP contribution >= 0.6 is 11.6 Å². The summed E-state index contributed by atoms with van der Waals surface area (Å²) in [6.45, 7) is 0. The van der Waals surface area contributed by atoms with Gasteiger partial charge in [-0.1, -0.05) is 11.6 Å². The van der Waals surface area contributed by atoms with Crippen LogP contribution in [0.5, 0.6) is 0 Å². The second-order valence-corrected chi connectivity index (χ2v) is 8.22. The molecule has 0 radical (unpaired) electrons. The molecule has 21 heavy (non-hydrogen) atoms. The van der Waals surface area contributed by atoms with Gasteiger partial charge < -0.3 is 5.32 Å². The van der Waals surface area contributed by atoms with E-state index in [2.05, 4.69) is 10.3 Å². The van der Waals surface area contributed by atoms with Crippen molar-refractivity contribution in [1.82, 2.24) is 4.98 Å². The van der Waals surface area contributed by atoms with E-state index in [1.165, 1.54) is 6.26 Å². The molecule has 4 nitrogen and oxygen atoms in total. The van der Waals surface area contributed by atoms with E-state index in [1.54, 1.807) is 12.3 Å². The van der Waals surface area contributed by atoms with Crippen LogP contribution in [0.25, 0.3) is 10.9 Å². The molecule has 1 aliphatic carbocycles. The lowest BCUT2D eigenvalue weighted by molar-refractivity contribution is 0.579. The van der Waals surface area contributed by atoms with Crippen molar-refractivity contribution in [3.8, 4) is 0 Å². The van der Waals surface area contributed by atoms with Crippen molar-refractivity contribution in [1.29, 1.82) is 0 Å². The Labute approximate surface area is 129 Å². The van der Waals surface area contributed by atoms with Gasteiger partial charge in [0.1, 0.15) is 0 Å². The fourth-order valence-corrected chi connectivity index (χ4v) is 4.68. The minimum Gasteiger partial charge on any atom is -0.380 e. The van der Waals surface area contributed by atoms with Crippen molar-refractivity contribution >= 4 is 38.0 Å². The summed E-state index contributed by atoms with van der Waals surface area (Å²) in [4.78, 5) is 4.29. The molecular weight excluding hydrogens is 308 g/mol. The maximum Gasteiger partial charge on any atom is 0.152 e. The smallest absolute Gasteiger partial charge is 0.152 e. The summed E-state index contributed by atoms with van der Waals surface area (Å²) < 4.78 is 23.8. The lowest BCUT2D eigenvalue weighted by Gasteiger charge is -2.21. The third kappa shape index (κ3) is 2.85. The van der Waals surface area contributed by atoms with Crippen molar-refractivity contribution in [3.63, 3.8) is 0 Å². The summed E-state index contributed by atoms with van der Waals surface area (Å²) in [6.07, 6.45) is 5.54. The zero-order chi connectivity index (χ0) is 15.0. The molecule has 1 aromatic heterocycles. The summed E-state index contributed by atoms with van der Waals surface area (Å²) in [5.41, 5.74) is 1.63. The number of rotatable bonds is 3. The van der Waals surface area contributed by atoms with Gasteiger partial charge in [0.25, 0.3) is 0 Å². The van der Waals surface area contributed by atoms with E-state index in [9.17, 15) is 8.42 Å². The topological polar surface area (TPSA) is 59.1 Å². The number of sulfone groups is 1. The molecule has 1 heterocycles. The van der Waals surface area contributed by atoms with Gasteiger partial charge in [-0.2, -0.15) is 0 Å². The predicted octanol–water partition coefficient (Wildman–Crippen LogP) is 3.27.